The summed E-state index contributed by atoms with van der Waals surface area (Å²) in [6.07, 6.45) is 2.63. The molecule has 1 aliphatic rings. The average molecular weight is 325 g/mol. The first-order valence-corrected chi connectivity index (χ1v) is 7.56. The lowest BCUT2D eigenvalue weighted by molar-refractivity contribution is 0.124. The molecule has 2 heterocycles. The summed E-state index contributed by atoms with van der Waals surface area (Å²) in [5.41, 5.74) is 1.03. The van der Waals surface area contributed by atoms with E-state index in [2.05, 4.69) is 15.3 Å². The van der Waals surface area contributed by atoms with Crippen LogP contribution >= 0.6 is 11.6 Å². The van der Waals surface area contributed by atoms with Crippen molar-refractivity contribution in [1.82, 2.24) is 14.9 Å². The number of hydrogen-bond donors (Lipinski definition) is 2. The number of nitrogens with zero attached hydrogens (tertiary/aromatic N) is 3. The Bertz CT molecular complexity index is 690. The molecule has 1 saturated carbocycles. The Kier molecular flexibility index (Phi) is 4.06. The lowest BCUT2D eigenvalue weighted by atomic mass is 9.90. The van der Waals surface area contributed by atoms with Gasteiger partial charge in [-0.1, -0.05) is 11.6 Å². The van der Waals surface area contributed by atoms with Crippen LogP contribution in [0.25, 0.3) is 11.2 Å². The molecule has 3 rings (SSSR count). The minimum atomic E-state index is -0.897. The van der Waals surface area contributed by atoms with Crippen molar-refractivity contribution in [1.29, 1.82) is 0 Å². The number of amides is 1. The average Bonchev–Trinajstić information content (AvgIpc) is 2.87. The summed E-state index contributed by atoms with van der Waals surface area (Å²) in [6, 6.07) is 3.92. The Morgan fingerprint density at radius 3 is 3.05 bits per heavy atom. The van der Waals surface area contributed by atoms with E-state index < -0.39 is 6.09 Å². The molecule has 0 saturated heterocycles. The van der Waals surface area contributed by atoms with Crippen LogP contribution in [0, 0.1) is 0 Å². The van der Waals surface area contributed by atoms with Crippen molar-refractivity contribution in [3.63, 3.8) is 0 Å². The highest BCUT2D eigenvalue weighted by Gasteiger charge is 2.28. The van der Waals surface area contributed by atoms with E-state index in [1.165, 1.54) is 4.90 Å². The van der Waals surface area contributed by atoms with Crippen LogP contribution < -0.4 is 5.32 Å². The van der Waals surface area contributed by atoms with Crippen molar-refractivity contribution in [2.75, 3.05) is 12.4 Å². The molecule has 0 spiro atoms. The first kappa shape index (κ1) is 14.9. The maximum atomic E-state index is 11.1. The van der Waals surface area contributed by atoms with Crippen LogP contribution in [0.2, 0.25) is 5.15 Å². The molecule has 1 aliphatic carbocycles. The molecule has 118 valence electrons. The number of hydrogen-bond acceptors (Lipinski definition) is 5. The molecule has 0 aromatic carbocycles. The highest BCUT2D eigenvalue weighted by molar-refractivity contribution is 6.29. The van der Waals surface area contributed by atoms with Gasteiger partial charge in [0.2, 0.25) is 5.65 Å². The summed E-state index contributed by atoms with van der Waals surface area (Å²) in [4.78, 5) is 20.8. The highest BCUT2D eigenvalue weighted by atomic mass is 35.5. The van der Waals surface area contributed by atoms with Crippen LogP contribution in [0.3, 0.4) is 0 Å². The van der Waals surface area contributed by atoms with Gasteiger partial charge in [0.1, 0.15) is 5.15 Å². The second kappa shape index (κ2) is 6.00. The smallest absolute Gasteiger partial charge is 0.407 e. The summed E-state index contributed by atoms with van der Waals surface area (Å²) in [5, 5.41) is 12.7. The van der Waals surface area contributed by atoms with Crippen molar-refractivity contribution in [3.8, 4) is 0 Å². The lowest BCUT2D eigenvalue weighted by Crippen LogP contribution is -2.42. The van der Waals surface area contributed by atoms with Crippen molar-refractivity contribution < 1.29 is 14.3 Å². The summed E-state index contributed by atoms with van der Waals surface area (Å²) in [5.74, 6) is 0. The van der Waals surface area contributed by atoms with E-state index in [1.54, 1.807) is 19.2 Å². The number of anilines is 1. The van der Waals surface area contributed by atoms with Crippen molar-refractivity contribution in [2.45, 2.75) is 37.8 Å². The monoisotopic (exact) mass is 324 g/mol. The minimum Gasteiger partial charge on any atom is -0.465 e. The van der Waals surface area contributed by atoms with Gasteiger partial charge in [-0.3, -0.25) is 0 Å². The Hall–Kier alpha value is -2.02. The molecular weight excluding hydrogens is 308 g/mol. The van der Waals surface area contributed by atoms with Crippen LogP contribution in [0.4, 0.5) is 10.8 Å². The fourth-order valence-corrected chi connectivity index (χ4v) is 2.98. The molecule has 0 bridgehead atoms. The predicted octanol–water partition coefficient (Wildman–Crippen LogP) is 3.21. The Balaban J connectivity index is 1.70. The zero-order valence-corrected chi connectivity index (χ0v) is 12.9. The summed E-state index contributed by atoms with van der Waals surface area (Å²) < 4.78 is 5.60. The fourth-order valence-electron chi connectivity index (χ4n) is 2.83. The first-order chi connectivity index (χ1) is 10.5. The maximum absolute atomic E-state index is 11.1. The summed E-state index contributed by atoms with van der Waals surface area (Å²) >= 11 is 5.83. The van der Waals surface area contributed by atoms with Crippen molar-refractivity contribution in [3.05, 3.63) is 17.3 Å². The quantitative estimate of drug-likeness (QED) is 0.842. The van der Waals surface area contributed by atoms with Crippen LogP contribution in [0.5, 0.6) is 0 Å². The molecule has 2 aromatic rings. The summed E-state index contributed by atoms with van der Waals surface area (Å²) in [6.45, 7) is 0. The van der Waals surface area contributed by atoms with Crippen LogP contribution in [-0.2, 0) is 0 Å². The predicted molar refractivity (Wildman–Crippen MR) is 82.3 cm³/mol. The van der Waals surface area contributed by atoms with Gasteiger partial charge in [-0.15, -0.1) is 0 Å². The van der Waals surface area contributed by atoms with Gasteiger partial charge in [0.15, 0.2) is 5.58 Å². The number of nitrogens with one attached hydrogen (secondary N) is 1. The fraction of sp³-hybridized carbons (Fsp3) is 0.500. The van der Waals surface area contributed by atoms with E-state index in [4.69, 9.17) is 21.1 Å². The molecule has 0 aliphatic heterocycles. The van der Waals surface area contributed by atoms with E-state index in [0.717, 1.165) is 25.7 Å². The molecule has 0 radical (unpaired) electrons. The number of halogens is 1. The molecule has 7 nitrogen and oxygen atoms in total. The standard InChI is InChI=1S/C14H17ClN4O3/c1-19(14(20)21)9-4-2-3-8(7-9)16-13-18-12-10(22-13)5-6-11(15)17-12/h5-6,8-9H,2-4,7H2,1H3,(H,20,21)(H,16,17,18). The van der Waals surface area contributed by atoms with Gasteiger partial charge >= 0.3 is 6.09 Å². The largest absolute Gasteiger partial charge is 0.465 e. The number of oxazole rings is 1. The SMILES string of the molecule is CN(C(=O)O)C1CCCC(Nc2nc3nc(Cl)ccc3o2)C1. The van der Waals surface area contributed by atoms with Gasteiger partial charge in [0.25, 0.3) is 6.01 Å². The topological polar surface area (TPSA) is 91.5 Å². The van der Waals surface area contributed by atoms with E-state index in [-0.39, 0.29) is 12.1 Å². The van der Waals surface area contributed by atoms with Gasteiger partial charge in [-0.25, -0.2) is 9.78 Å². The van der Waals surface area contributed by atoms with Crippen LogP contribution in [0.1, 0.15) is 25.7 Å². The highest BCUT2D eigenvalue weighted by Crippen LogP contribution is 2.26. The van der Waals surface area contributed by atoms with Crippen LogP contribution in [-0.4, -0.2) is 45.2 Å². The second-order valence-electron chi connectivity index (χ2n) is 5.53. The van der Waals surface area contributed by atoms with Gasteiger partial charge < -0.3 is 19.7 Å². The molecule has 8 heteroatoms. The molecule has 2 atom stereocenters. The van der Waals surface area contributed by atoms with Gasteiger partial charge in [0.05, 0.1) is 0 Å². The number of carbonyl (C=O) groups is 1. The zero-order chi connectivity index (χ0) is 15.7. The number of rotatable bonds is 3. The number of pyridine rings is 1. The molecule has 1 amide bonds. The van der Waals surface area contributed by atoms with Crippen molar-refractivity contribution >= 4 is 34.9 Å². The van der Waals surface area contributed by atoms with Gasteiger partial charge in [-0.05, 0) is 37.8 Å². The lowest BCUT2D eigenvalue weighted by Gasteiger charge is -2.33. The molecule has 2 unspecified atom stereocenters. The van der Waals surface area contributed by atoms with Gasteiger partial charge in [-0.2, -0.15) is 4.98 Å². The number of fused-ring (bicyclic) bond motifs is 1. The molecule has 2 aromatic heterocycles. The summed E-state index contributed by atoms with van der Waals surface area (Å²) in [7, 11) is 1.61. The number of carboxylic acid groups (broad SMARTS) is 1. The van der Waals surface area contributed by atoms with E-state index in [1.807, 2.05) is 0 Å². The Morgan fingerprint density at radius 2 is 2.27 bits per heavy atom. The normalized spacial score (nSPS) is 21.7. The Labute approximate surface area is 132 Å². The van der Waals surface area contributed by atoms with Crippen LogP contribution in [0.15, 0.2) is 16.5 Å². The first-order valence-electron chi connectivity index (χ1n) is 7.18. The zero-order valence-electron chi connectivity index (χ0n) is 12.1. The maximum Gasteiger partial charge on any atom is 0.407 e. The molecule has 2 N–H and O–H groups in total. The molecule has 1 fully saturated rings. The number of aromatic nitrogens is 2. The van der Waals surface area contributed by atoms with E-state index in [0.29, 0.717) is 22.4 Å². The second-order valence-corrected chi connectivity index (χ2v) is 5.92. The van der Waals surface area contributed by atoms with Gasteiger partial charge in [0, 0.05) is 19.1 Å². The van der Waals surface area contributed by atoms with Crippen molar-refractivity contribution in [2.24, 2.45) is 0 Å². The molecular formula is C14H17ClN4O3. The minimum absolute atomic E-state index is 0.0145. The Morgan fingerprint density at radius 1 is 1.45 bits per heavy atom. The molecule has 22 heavy (non-hydrogen) atoms. The third-order valence-electron chi connectivity index (χ3n) is 4.04. The third kappa shape index (κ3) is 3.09. The van der Waals surface area contributed by atoms with E-state index >= 15 is 0 Å². The van der Waals surface area contributed by atoms with E-state index in [9.17, 15) is 4.79 Å². The third-order valence-corrected chi connectivity index (χ3v) is 4.25.